The van der Waals surface area contributed by atoms with Gasteiger partial charge in [-0.25, -0.2) is 4.79 Å². The van der Waals surface area contributed by atoms with Gasteiger partial charge in [0, 0.05) is 56.3 Å². The van der Waals surface area contributed by atoms with E-state index in [1.165, 1.54) is 0 Å². The zero-order valence-electron chi connectivity index (χ0n) is 19.1. The monoisotopic (exact) mass is 462 g/mol. The van der Waals surface area contributed by atoms with Gasteiger partial charge >= 0.3 is 6.03 Å². The van der Waals surface area contributed by atoms with Gasteiger partial charge in [-0.15, -0.1) is 0 Å². The topological polar surface area (TPSA) is 84.9 Å². The molecule has 0 aromatic heterocycles. The Morgan fingerprint density at radius 2 is 1.72 bits per heavy atom. The second kappa shape index (κ2) is 9.20. The van der Waals surface area contributed by atoms with Crippen LogP contribution in [-0.4, -0.2) is 71.2 Å². The molecule has 0 atom stereocenters. The molecule has 2 aliphatic carbocycles. The molecule has 3 aliphatic rings. The zero-order valence-corrected chi connectivity index (χ0v) is 19.8. The predicted octanol–water partition coefficient (Wildman–Crippen LogP) is 2.61. The van der Waals surface area contributed by atoms with Crippen molar-refractivity contribution in [1.29, 1.82) is 0 Å². The van der Waals surface area contributed by atoms with Crippen molar-refractivity contribution in [3.63, 3.8) is 0 Å². The Morgan fingerprint density at radius 1 is 1.09 bits per heavy atom. The van der Waals surface area contributed by atoms with E-state index in [-0.39, 0.29) is 29.3 Å². The molecule has 1 saturated heterocycles. The van der Waals surface area contributed by atoms with E-state index >= 15 is 0 Å². The average Bonchev–Trinajstić information content (AvgIpc) is 2.67. The van der Waals surface area contributed by atoms with Gasteiger partial charge in [0.05, 0.1) is 5.60 Å². The number of rotatable bonds is 6. The van der Waals surface area contributed by atoms with Gasteiger partial charge in [-0.2, -0.15) is 0 Å². The maximum atomic E-state index is 12.9. The lowest BCUT2D eigenvalue weighted by Crippen LogP contribution is -2.60. The molecule has 7 nitrogen and oxygen atoms in total. The second-order valence-electron chi connectivity index (χ2n) is 10.6. The van der Waals surface area contributed by atoms with E-state index in [1.807, 2.05) is 43.0 Å². The molecule has 1 spiro atoms. The van der Waals surface area contributed by atoms with Crippen molar-refractivity contribution < 1.29 is 14.7 Å². The first-order valence-corrected chi connectivity index (χ1v) is 12.0. The summed E-state index contributed by atoms with van der Waals surface area (Å²) in [6.45, 7) is 7.90. The highest BCUT2D eigenvalue weighted by Gasteiger charge is 2.55. The van der Waals surface area contributed by atoms with Crippen LogP contribution in [0.15, 0.2) is 24.3 Å². The van der Waals surface area contributed by atoms with E-state index in [2.05, 4.69) is 15.5 Å². The number of aliphatic hydroxyl groups is 1. The van der Waals surface area contributed by atoms with Crippen LogP contribution in [0.2, 0.25) is 5.02 Å². The predicted molar refractivity (Wildman–Crippen MR) is 124 cm³/mol. The Labute approximate surface area is 195 Å². The molecule has 0 unspecified atom stereocenters. The molecule has 1 aromatic rings. The number of nitrogens with zero attached hydrogens (tertiary/aromatic N) is 2. The van der Waals surface area contributed by atoms with Crippen LogP contribution in [0.4, 0.5) is 4.79 Å². The van der Waals surface area contributed by atoms with E-state index in [9.17, 15) is 14.7 Å². The number of urea groups is 1. The fraction of sp³-hybridized carbons (Fsp3) is 0.667. The van der Waals surface area contributed by atoms with Crippen molar-refractivity contribution in [2.75, 3.05) is 32.7 Å². The summed E-state index contributed by atoms with van der Waals surface area (Å²) in [5.41, 5.74) is 0.557. The minimum atomic E-state index is -0.700. The van der Waals surface area contributed by atoms with Crippen LogP contribution in [0.25, 0.3) is 0 Å². The van der Waals surface area contributed by atoms with E-state index < -0.39 is 5.60 Å². The van der Waals surface area contributed by atoms with Gasteiger partial charge in [-0.1, -0.05) is 23.7 Å². The quantitative estimate of drug-likeness (QED) is 0.606. The summed E-state index contributed by atoms with van der Waals surface area (Å²) >= 11 is 5.88. The summed E-state index contributed by atoms with van der Waals surface area (Å²) < 4.78 is 0. The van der Waals surface area contributed by atoms with Crippen molar-refractivity contribution in [2.45, 2.75) is 57.7 Å². The fourth-order valence-corrected chi connectivity index (χ4v) is 5.66. The van der Waals surface area contributed by atoms with Gasteiger partial charge in [-0.3, -0.25) is 9.69 Å². The molecule has 2 saturated carbocycles. The molecule has 3 amide bonds. The smallest absolute Gasteiger partial charge is 0.315 e. The molecule has 1 aliphatic heterocycles. The first-order chi connectivity index (χ1) is 15.1. The van der Waals surface area contributed by atoms with Crippen LogP contribution in [0.5, 0.6) is 0 Å². The number of carbonyl (C=O) groups excluding carboxylic acids is 2. The number of amides is 3. The maximum Gasteiger partial charge on any atom is 0.315 e. The Bertz CT molecular complexity index is 817. The largest absolute Gasteiger partial charge is 0.389 e. The summed E-state index contributed by atoms with van der Waals surface area (Å²) in [5, 5.41) is 16.6. The van der Waals surface area contributed by atoms with Gasteiger partial charge in [0.1, 0.15) is 0 Å². The van der Waals surface area contributed by atoms with Crippen molar-refractivity contribution in [2.24, 2.45) is 11.3 Å². The molecule has 32 heavy (non-hydrogen) atoms. The normalized spacial score (nSPS) is 28.1. The van der Waals surface area contributed by atoms with E-state index in [4.69, 9.17) is 11.6 Å². The first kappa shape index (κ1) is 23.3. The third kappa shape index (κ3) is 5.74. The van der Waals surface area contributed by atoms with Crippen molar-refractivity contribution in [3.05, 3.63) is 34.9 Å². The average molecular weight is 463 g/mol. The molecule has 4 rings (SSSR count). The molecule has 3 fully saturated rings. The lowest BCUT2D eigenvalue weighted by atomic mass is 9.50. The molecule has 8 heteroatoms. The molecule has 0 bridgehead atoms. The summed E-state index contributed by atoms with van der Waals surface area (Å²) in [5.74, 6) is 0.422. The summed E-state index contributed by atoms with van der Waals surface area (Å²) in [4.78, 5) is 29.3. The van der Waals surface area contributed by atoms with Crippen LogP contribution in [-0.2, 0) is 11.3 Å². The number of hydrogen-bond donors (Lipinski definition) is 3. The summed E-state index contributed by atoms with van der Waals surface area (Å²) in [6, 6.07) is 7.49. The highest BCUT2D eigenvalue weighted by atomic mass is 35.5. The van der Waals surface area contributed by atoms with E-state index in [0.717, 1.165) is 57.4 Å². The van der Waals surface area contributed by atoms with Crippen molar-refractivity contribution >= 4 is 23.5 Å². The van der Waals surface area contributed by atoms with Crippen LogP contribution in [0, 0.1) is 11.3 Å². The third-order valence-corrected chi connectivity index (χ3v) is 7.31. The number of carbonyl (C=O) groups is 2. The van der Waals surface area contributed by atoms with Gasteiger partial charge in [-0.05, 0) is 62.6 Å². The van der Waals surface area contributed by atoms with Crippen molar-refractivity contribution in [3.8, 4) is 0 Å². The molecule has 176 valence electrons. The van der Waals surface area contributed by atoms with Crippen LogP contribution >= 0.6 is 11.6 Å². The summed E-state index contributed by atoms with van der Waals surface area (Å²) in [6.07, 6.45) is 3.82. The van der Waals surface area contributed by atoms with Crippen LogP contribution in [0.3, 0.4) is 0 Å². The second-order valence-corrected chi connectivity index (χ2v) is 11.0. The summed E-state index contributed by atoms with van der Waals surface area (Å²) in [7, 11) is 0. The molecule has 3 N–H and O–H groups in total. The molecule has 0 radical (unpaired) electrons. The zero-order chi connectivity index (χ0) is 22.9. The minimum Gasteiger partial charge on any atom is -0.389 e. The van der Waals surface area contributed by atoms with Crippen LogP contribution < -0.4 is 10.6 Å². The Hall–Kier alpha value is -1.83. The third-order valence-electron chi connectivity index (χ3n) is 7.06. The molecule has 1 aromatic carbocycles. The number of hydrogen-bond acceptors (Lipinski definition) is 4. The van der Waals surface area contributed by atoms with Gasteiger partial charge in [0.25, 0.3) is 0 Å². The Morgan fingerprint density at radius 3 is 2.31 bits per heavy atom. The van der Waals surface area contributed by atoms with Crippen molar-refractivity contribution in [1.82, 2.24) is 20.4 Å². The first-order valence-electron chi connectivity index (χ1n) is 11.6. The number of nitrogens with one attached hydrogen (secondary N) is 2. The standard InChI is InChI=1S/C24H35ClN4O3/c1-23(2,32)16-28-7-9-29(10-8-28)21(30)18-11-24(12-18)13-20(14-24)27-22(31)26-15-17-3-5-19(25)6-4-17/h3-6,18,20,32H,7-16H2,1-2H3,(H2,26,27,31)/t18-,20-,24?. The SMILES string of the molecule is CC(C)(O)CN1CCN(C(=O)[C@H]2CC3(C[C@H](NC(=O)NCc4ccc(Cl)cc4)C3)C2)CC1. The minimum absolute atomic E-state index is 0.135. The highest BCUT2D eigenvalue weighted by Crippen LogP contribution is 2.59. The van der Waals surface area contributed by atoms with Gasteiger partial charge in [0.15, 0.2) is 0 Å². The van der Waals surface area contributed by atoms with Gasteiger partial charge in [0.2, 0.25) is 5.91 Å². The number of piperazine rings is 1. The number of benzene rings is 1. The highest BCUT2D eigenvalue weighted by molar-refractivity contribution is 6.30. The fourth-order valence-electron chi connectivity index (χ4n) is 5.53. The molecular weight excluding hydrogens is 428 g/mol. The lowest BCUT2D eigenvalue weighted by molar-refractivity contribution is -0.151. The van der Waals surface area contributed by atoms with E-state index in [1.54, 1.807) is 0 Å². The van der Waals surface area contributed by atoms with Crippen LogP contribution in [0.1, 0.15) is 45.1 Å². The molecular formula is C24H35ClN4O3. The maximum absolute atomic E-state index is 12.9. The number of β-amino-alcohol motifs (C(OH)–C–C–N with tert-alkyl or cyclic N) is 1. The Kier molecular flexibility index (Phi) is 6.71. The lowest BCUT2D eigenvalue weighted by Gasteiger charge is -2.58. The van der Waals surface area contributed by atoms with Gasteiger partial charge < -0.3 is 20.6 Å². The Balaban J connectivity index is 1.12. The van der Waals surface area contributed by atoms with E-state index in [0.29, 0.717) is 18.1 Å². The number of halogens is 1. The molecule has 1 heterocycles.